The molecule has 516 valence electrons. The molecule has 14 aromatic carbocycles. The molecule has 0 atom stereocenters. The van der Waals surface area contributed by atoms with Crippen molar-refractivity contribution in [3.05, 3.63) is 503 Å². The van der Waals surface area contributed by atoms with Gasteiger partial charge in [0.1, 0.15) is 0 Å². The predicted octanol–water partition coefficient (Wildman–Crippen LogP) is 18.3. The Morgan fingerprint density at radius 2 is 0.165 bits per heavy atom. The van der Waals surface area contributed by atoms with E-state index in [1.165, 1.54) is 77.9 Å². The first-order valence-electron chi connectivity index (χ1n) is 36.6. The zero-order valence-corrected chi connectivity index (χ0v) is 67.6. The zero-order chi connectivity index (χ0) is 68.2. The maximum absolute atomic E-state index is 5.97. The van der Waals surface area contributed by atoms with Gasteiger partial charge in [-0.3, -0.25) is 0 Å². The number of hydrogen-bond donors (Lipinski definition) is 0. The third kappa shape index (κ3) is 17.1. The molecule has 14 rings (SSSR count). The van der Waals surface area contributed by atoms with Crippen LogP contribution in [-0.2, 0) is 111 Å². The Balaban J connectivity index is 0.000000215. The second-order valence-corrected chi connectivity index (χ2v) is 97.6. The molecule has 0 heterocycles. The van der Waals surface area contributed by atoms with Crippen molar-refractivity contribution in [3.8, 4) is 0 Å². The van der Waals surface area contributed by atoms with Gasteiger partial charge in [0, 0.05) is 0 Å². The van der Waals surface area contributed by atoms with Gasteiger partial charge in [-0.25, -0.2) is 0 Å². The summed E-state index contributed by atoms with van der Waals surface area (Å²) in [5.74, 6) is 0. The maximum atomic E-state index is 2.42. The third-order valence-corrected chi connectivity index (χ3v) is 90.8. The van der Waals surface area contributed by atoms with Crippen LogP contribution in [0.25, 0.3) is 0 Å². The second-order valence-electron chi connectivity index (χ2n) is 33.8. The number of rotatable bonds is 28. The van der Waals surface area contributed by atoms with E-state index in [1.807, 2.05) is 0 Å². The molecule has 0 aliphatic carbocycles. The van der Waals surface area contributed by atoms with E-state index >= 15 is 0 Å². The molecular formula is C98H98Cl2TiZr2. The molecule has 0 saturated carbocycles. The molecule has 0 bridgehead atoms. The molecule has 0 fully saturated rings. The van der Waals surface area contributed by atoms with Crippen molar-refractivity contribution in [3.63, 3.8) is 0 Å². The van der Waals surface area contributed by atoms with E-state index in [2.05, 4.69) is 425 Å². The van der Waals surface area contributed by atoms with Gasteiger partial charge >= 0.3 is 614 Å². The summed E-state index contributed by atoms with van der Waals surface area (Å²) in [6.07, 6.45) is 0. The van der Waals surface area contributed by atoms with Crippen LogP contribution >= 0.6 is 0 Å². The molecule has 5 heteroatoms. The molecule has 0 radical (unpaired) electrons. The van der Waals surface area contributed by atoms with Crippen LogP contribution in [0.3, 0.4) is 0 Å². The number of hydrogen-bond acceptors (Lipinski definition) is 0. The summed E-state index contributed by atoms with van der Waals surface area (Å²) in [5.41, 5.74) is 20.2. The van der Waals surface area contributed by atoms with Gasteiger partial charge in [0.25, 0.3) is 0 Å². The van der Waals surface area contributed by atoms with Gasteiger partial charge in [0.05, 0.1) is 0 Å². The van der Waals surface area contributed by atoms with Gasteiger partial charge in [-0.1, -0.05) is 0 Å². The van der Waals surface area contributed by atoms with Crippen LogP contribution in [0.2, 0.25) is 0 Å². The average molecular weight is 1580 g/mol. The fraction of sp³-hybridized carbons (Fsp3) is 0.143. The Morgan fingerprint density at radius 3 is 0.223 bits per heavy atom. The van der Waals surface area contributed by atoms with Gasteiger partial charge in [-0.05, 0) is 0 Å². The van der Waals surface area contributed by atoms with Crippen molar-refractivity contribution in [2.75, 3.05) is 0 Å². The van der Waals surface area contributed by atoms with E-state index < -0.39 is 31.6 Å². The van der Waals surface area contributed by atoms with Gasteiger partial charge in [0.2, 0.25) is 0 Å². The van der Waals surface area contributed by atoms with Crippen molar-refractivity contribution < 1.29 is 78.2 Å². The van der Waals surface area contributed by atoms with Gasteiger partial charge < -0.3 is 24.8 Å². The summed E-state index contributed by atoms with van der Waals surface area (Å²) in [6, 6.07) is 162. The van der Waals surface area contributed by atoms with Crippen molar-refractivity contribution in [2.45, 2.75) is 57.8 Å². The van der Waals surface area contributed by atoms with E-state index in [4.69, 9.17) is 0 Å². The first kappa shape index (κ1) is 77.7. The van der Waals surface area contributed by atoms with Crippen molar-refractivity contribution in [2.24, 2.45) is 0 Å². The Hall–Kier alpha value is -7.86. The summed E-state index contributed by atoms with van der Waals surface area (Å²) in [6.45, 7) is 0. The quantitative estimate of drug-likeness (QED) is 0.0429. The van der Waals surface area contributed by atoms with Gasteiger partial charge in [-0.15, -0.1) is 0 Å². The van der Waals surface area contributed by atoms with E-state index in [1.54, 1.807) is 0 Å². The molecule has 0 saturated heterocycles. The molecule has 103 heavy (non-hydrogen) atoms. The summed E-state index contributed by atoms with van der Waals surface area (Å²) < 4.78 is 14.7. The average Bonchev–Trinajstić information content (AvgIpc) is 0.618. The molecule has 14 aromatic rings. The fourth-order valence-corrected chi connectivity index (χ4v) is 104. The van der Waals surface area contributed by atoms with E-state index in [0.29, 0.717) is 0 Å². The minimum atomic E-state index is -5.97. The summed E-state index contributed by atoms with van der Waals surface area (Å²) in [7, 11) is 0. The second kappa shape index (κ2) is 31.8. The van der Waals surface area contributed by atoms with Crippen LogP contribution in [0.1, 0.15) is 77.9 Å². The van der Waals surface area contributed by atoms with Crippen LogP contribution < -0.4 is 24.8 Å². The summed E-state index contributed by atoms with van der Waals surface area (Å²) >= 11 is -11.9. The number of halogens is 2. The molecule has 0 aliphatic rings. The summed E-state index contributed by atoms with van der Waals surface area (Å²) in [5, 5.41) is 0. The minimum absolute atomic E-state index is 0. The Morgan fingerprint density at radius 1 is 0.107 bits per heavy atom. The van der Waals surface area contributed by atoms with E-state index in [0.717, 1.165) is 57.8 Å². The SMILES string of the molecule is [Cl-].[Cl-].[Ti+4].c1ccc([CH2][Zr-]([CH2]c2ccccc2)([CH2]c2ccccc2)([CH2]c2ccccc2)([CH2]c2ccccc2)([CH2]c2ccccc2)[CH2]c2ccccc2)cc1.c1ccc([CH2][Zr-]([CH2]c2ccccc2)([CH2]c2ccccc2)([CH2]c2ccccc2)([CH2]c2ccccc2)([CH2]c2ccccc2)[CH2]c2ccccc2)cc1. The van der Waals surface area contributed by atoms with Crippen molar-refractivity contribution >= 4 is 0 Å². The van der Waals surface area contributed by atoms with Crippen LogP contribution in [-0.4, -0.2) is 0 Å². The first-order chi connectivity index (χ1) is 48.9. The Bertz CT molecular complexity index is 3650. The third-order valence-electron chi connectivity index (χ3n) is 25.2. The molecule has 0 unspecified atom stereocenters. The molecule has 0 aromatic heterocycles. The van der Waals surface area contributed by atoms with Gasteiger partial charge in [0.15, 0.2) is 0 Å². The zero-order valence-electron chi connectivity index (χ0n) is 59.6. The molecular weight excluding hydrogens is 1480 g/mol. The van der Waals surface area contributed by atoms with Crippen LogP contribution in [0.15, 0.2) is 425 Å². The van der Waals surface area contributed by atoms with E-state index in [-0.39, 0.29) is 46.5 Å². The van der Waals surface area contributed by atoms with E-state index in [9.17, 15) is 0 Å². The topological polar surface area (TPSA) is 0 Å². The molecule has 0 spiro atoms. The Labute approximate surface area is 631 Å². The fourth-order valence-electron chi connectivity index (χ4n) is 23.1. The van der Waals surface area contributed by atoms with Crippen LogP contribution in [0, 0.1) is 0 Å². The monoisotopic (exact) mass is 1570 g/mol. The normalized spacial score (nSPS) is 13.3. The van der Waals surface area contributed by atoms with Crippen molar-refractivity contribution in [1.82, 2.24) is 0 Å². The summed E-state index contributed by atoms with van der Waals surface area (Å²) in [4.78, 5) is 0. The first-order valence-corrected chi connectivity index (χ1v) is 61.0. The van der Waals surface area contributed by atoms with Crippen LogP contribution in [0.5, 0.6) is 0 Å². The number of benzene rings is 14. The predicted molar refractivity (Wildman–Crippen MR) is 422 cm³/mol. The van der Waals surface area contributed by atoms with Crippen LogP contribution in [0.4, 0.5) is 0 Å². The molecule has 0 amide bonds. The molecule has 0 nitrogen and oxygen atoms in total. The van der Waals surface area contributed by atoms with Crippen molar-refractivity contribution in [1.29, 1.82) is 0 Å². The van der Waals surface area contributed by atoms with Gasteiger partial charge in [-0.2, -0.15) is 0 Å². The Kier molecular flexibility index (Phi) is 24.0. The molecule has 0 N–H and O–H groups in total. The standard InChI is InChI=1S/14C7H7.2ClH.Ti.2Zr/c14*1-7-5-3-2-4-6-7;;;;;/h14*2-6H,1H2;2*1H;;;/q;;;;;;;;;;;;;;;;+4;2*-1/p-2. The molecule has 0 aliphatic heterocycles.